The summed E-state index contributed by atoms with van der Waals surface area (Å²) in [4.78, 5) is 13.7. The molecule has 1 aromatic heterocycles. The van der Waals surface area contributed by atoms with Crippen LogP contribution in [-0.4, -0.2) is 17.6 Å². The van der Waals surface area contributed by atoms with E-state index in [0.717, 1.165) is 0 Å². The second-order valence-corrected chi connectivity index (χ2v) is 3.17. The number of rotatable bonds is 3. The summed E-state index contributed by atoms with van der Waals surface area (Å²) in [6.07, 6.45) is -4.82. The van der Waals surface area contributed by atoms with Gasteiger partial charge in [-0.15, -0.1) is 13.2 Å². The molecular formula is C8H4BrF4NO2. The van der Waals surface area contributed by atoms with E-state index in [1.165, 1.54) is 0 Å². The third kappa shape index (κ3) is 3.16. The summed E-state index contributed by atoms with van der Waals surface area (Å²) >= 11 is 2.88. The van der Waals surface area contributed by atoms with Crippen molar-refractivity contribution in [3.05, 3.63) is 23.1 Å². The maximum absolute atomic E-state index is 13.2. The minimum absolute atomic E-state index is 0.0355. The Kier molecular flexibility index (Phi) is 3.84. The summed E-state index contributed by atoms with van der Waals surface area (Å²) in [5, 5.41) is -0.0355. The molecule has 3 nitrogen and oxygen atoms in total. The van der Waals surface area contributed by atoms with Gasteiger partial charge in [-0.25, -0.2) is 9.37 Å². The molecule has 0 amide bonds. The summed E-state index contributed by atoms with van der Waals surface area (Å²) in [7, 11) is 0. The van der Waals surface area contributed by atoms with E-state index in [1.54, 1.807) is 0 Å². The first-order chi connectivity index (χ1) is 7.37. The lowest BCUT2D eigenvalue weighted by Crippen LogP contribution is -2.18. The lowest BCUT2D eigenvalue weighted by atomic mass is 10.2. The zero-order valence-corrected chi connectivity index (χ0v) is 9.10. The van der Waals surface area contributed by atoms with Crippen molar-refractivity contribution in [2.45, 2.75) is 11.7 Å². The van der Waals surface area contributed by atoms with Crippen LogP contribution in [0, 0.1) is 5.82 Å². The van der Waals surface area contributed by atoms with E-state index < -0.39 is 23.8 Å². The standard InChI is InChI=1S/C8H4BrF4NO2/c9-2-4-5(10)1-7(14-6(4)3-15)16-8(11,12)13/h1,3H,2H2. The van der Waals surface area contributed by atoms with Gasteiger partial charge in [-0.3, -0.25) is 4.79 Å². The summed E-state index contributed by atoms with van der Waals surface area (Å²) in [5.41, 5.74) is -0.555. The number of aromatic nitrogens is 1. The van der Waals surface area contributed by atoms with Crippen molar-refractivity contribution in [1.82, 2.24) is 4.98 Å². The quantitative estimate of drug-likeness (QED) is 0.489. The van der Waals surface area contributed by atoms with Crippen molar-refractivity contribution in [3.63, 3.8) is 0 Å². The number of aldehydes is 1. The van der Waals surface area contributed by atoms with Crippen LogP contribution in [0.1, 0.15) is 16.1 Å². The molecule has 1 rings (SSSR count). The molecule has 0 bridgehead atoms. The lowest BCUT2D eigenvalue weighted by molar-refractivity contribution is -0.276. The van der Waals surface area contributed by atoms with E-state index in [0.29, 0.717) is 6.07 Å². The Labute approximate surface area is 95.6 Å². The van der Waals surface area contributed by atoms with Crippen molar-refractivity contribution in [3.8, 4) is 5.88 Å². The number of hydrogen-bond acceptors (Lipinski definition) is 3. The van der Waals surface area contributed by atoms with Crippen molar-refractivity contribution >= 4 is 22.2 Å². The first-order valence-corrected chi connectivity index (χ1v) is 4.96. The van der Waals surface area contributed by atoms with Gasteiger partial charge in [0.15, 0.2) is 6.29 Å². The maximum atomic E-state index is 13.2. The van der Waals surface area contributed by atoms with Crippen molar-refractivity contribution in [2.24, 2.45) is 0 Å². The van der Waals surface area contributed by atoms with Gasteiger partial charge in [-0.05, 0) is 0 Å². The molecular weight excluding hydrogens is 298 g/mol. The monoisotopic (exact) mass is 301 g/mol. The molecule has 8 heteroatoms. The van der Waals surface area contributed by atoms with E-state index in [-0.39, 0.29) is 17.2 Å². The number of pyridine rings is 1. The van der Waals surface area contributed by atoms with Crippen LogP contribution < -0.4 is 4.74 Å². The molecule has 0 unspecified atom stereocenters. The Bertz CT molecular complexity index is 408. The molecule has 0 atom stereocenters. The predicted octanol–water partition coefficient (Wildman–Crippen LogP) is 2.83. The predicted molar refractivity (Wildman–Crippen MR) is 48.9 cm³/mol. The van der Waals surface area contributed by atoms with Crippen LogP contribution in [0.15, 0.2) is 6.07 Å². The maximum Gasteiger partial charge on any atom is 0.574 e. The fraction of sp³-hybridized carbons (Fsp3) is 0.250. The molecule has 0 aliphatic rings. The van der Waals surface area contributed by atoms with Gasteiger partial charge in [0.05, 0.1) is 0 Å². The molecule has 0 fully saturated rings. The van der Waals surface area contributed by atoms with Gasteiger partial charge < -0.3 is 4.74 Å². The van der Waals surface area contributed by atoms with Gasteiger partial charge in [0.25, 0.3) is 0 Å². The summed E-state index contributed by atoms with van der Waals surface area (Å²) < 4.78 is 52.0. The molecule has 88 valence electrons. The van der Waals surface area contributed by atoms with Crippen LogP contribution in [0.4, 0.5) is 17.6 Å². The van der Waals surface area contributed by atoms with Crippen molar-refractivity contribution in [1.29, 1.82) is 0 Å². The van der Waals surface area contributed by atoms with E-state index in [1.807, 2.05) is 0 Å². The molecule has 1 aromatic rings. The summed E-state index contributed by atoms with van der Waals surface area (Å²) in [6, 6.07) is 0.469. The molecule has 0 N–H and O–H groups in total. The first kappa shape index (κ1) is 12.9. The molecule has 0 radical (unpaired) electrons. The Morgan fingerprint density at radius 2 is 2.12 bits per heavy atom. The average molecular weight is 302 g/mol. The van der Waals surface area contributed by atoms with Crippen molar-refractivity contribution in [2.75, 3.05) is 0 Å². The average Bonchev–Trinajstić information content (AvgIpc) is 2.14. The summed E-state index contributed by atoms with van der Waals surface area (Å²) in [6.45, 7) is 0. The number of halogens is 5. The third-order valence-electron chi connectivity index (χ3n) is 1.54. The second kappa shape index (κ2) is 4.77. The first-order valence-electron chi connectivity index (χ1n) is 3.83. The fourth-order valence-corrected chi connectivity index (χ4v) is 1.49. The number of alkyl halides is 4. The SMILES string of the molecule is O=Cc1nc(OC(F)(F)F)cc(F)c1CBr. The molecule has 0 saturated carbocycles. The summed E-state index contributed by atoms with van der Waals surface area (Å²) in [5.74, 6) is -2.00. The van der Waals surface area contributed by atoms with Crippen LogP contribution in [0.3, 0.4) is 0 Å². The molecule has 0 aliphatic carbocycles. The number of carbonyl (C=O) groups is 1. The number of carbonyl (C=O) groups excluding carboxylic acids is 1. The highest BCUT2D eigenvalue weighted by atomic mass is 79.9. The minimum Gasteiger partial charge on any atom is -0.388 e. The van der Waals surface area contributed by atoms with Gasteiger partial charge in [-0.1, -0.05) is 15.9 Å². The van der Waals surface area contributed by atoms with Crippen molar-refractivity contribution < 1.29 is 27.1 Å². The second-order valence-electron chi connectivity index (χ2n) is 2.61. The van der Waals surface area contributed by atoms with E-state index in [2.05, 4.69) is 25.7 Å². The molecule has 0 aliphatic heterocycles. The minimum atomic E-state index is -4.98. The van der Waals surface area contributed by atoms with Crippen LogP contribution in [-0.2, 0) is 5.33 Å². The lowest BCUT2D eigenvalue weighted by Gasteiger charge is -2.09. The number of hydrogen-bond donors (Lipinski definition) is 0. The van der Waals surface area contributed by atoms with E-state index >= 15 is 0 Å². The Hall–Kier alpha value is -1.18. The smallest absolute Gasteiger partial charge is 0.388 e. The molecule has 0 saturated heterocycles. The Morgan fingerprint density at radius 3 is 2.56 bits per heavy atom. The number of nitrogens with zero attached hydrogens (tertiary/aromatic N) is 1. The highest BCUT2D eigenvalue weighted by molar-refractivity contribution is 9.08. The van der Waals surface area contributed by atoms with E-state index in [9.17, 15) is 22.4 Å². The largest absolute Gasteiger partial charge is 0.574 e. The molecule has 0 spiro atoms. The normalized spacial score (nSPS) is 11.3. The van der Waals surface area contributed by atoms with Gasteiger partial charge in [0.2, 0.25) is 5.88 Å². The Morgan fingerprint density at radius 1 is 1.50 bits per heavy atom. The molecule has 0 aromatic carbocycles. The third-order valence-corrected chi connectivity index (χ3v) is 2.10. The van der Waals surface area contributed by atoms with Crippen LogP contribution in [0.5, 0.6) is 5.88 Å². The van der Waals surface area contributed by atoms with Crippen LogP contribution in [0.25, 0.3) is 0 Å². The number of ether oxygens (including phenoxy) is 1. The van der Waals surface area contributed by atoms with Crippen LogP contribution in [0.2, 0.25) is 0 Å². The highest BCUT2D eigenvalue weighted by Crippen LogP contribution is 2.24. The molecule has 16 heavy (non-hydrogen) atoms. The zero-order chi connectivity index (χ0) is 12.3. The van der Waals surface area contributed by atoms with Crippen LogP contribution >= 0.6 is 15.9 Å². The zero-order valence-electron chi connectivity index (χ0n) is 7.52. The van der Waals surface area contributed by atoms with Gasteiger partial charge in [0.1, 0.15) is 11.5 Å². The Balaban J connectivity index is 3.15. The molecule has 1 heterocycles. The topological polar surface area (TPSA) is 39.2 Å². The highest BCUT2D eigenvalue weighted by Gasteiger charge is 2.32. The fourth-order valence-electron chi connectivity index (χ4n) is 0.937. The van der Waals surface area contributed by atoms with Gasteiger partial charge in [-0.2, -0.15) is 0 Å². The van der Waals surface area contributed by atoms with E-state index in [4.69, 9.17) is 0 Å². The van der Waals surface area contributed by atoms with Gasteiger partial charge in [0, 0.05) is 17.0 Å². The van der Waals surface area contributed by atoms with Gasteiger partial charge >= 0.3 is 6.36 Å².